The lowest BCUT2D eigenvalue weighted by atomic mass is 9.86. The summed E-state index contributed by atoms with van der Waals surface area (Å²) in [5, 5.41) is 13.0. The molecule has 1 aromatic carbocycles. The first kappa shape index (κ1) is 15.0. The lowest BCUT2D eigenvalue weighted by Gasteiger charge is -2.24. The van der Waals surface area contributed by atoms with Crippen molar-refractivity contribution >= 4 is 5.69 Å². The van der Waals surface area contributed by atoms with Crippen LogP contribution in [0.3, 0.4) is 0 Å². The Hall–Kier alpha value is -1.06. The smallest absolute Gasteiger partial charge is 0.0945 e. The Morgan fingerprint density at radius 2 is 1.94 bits per heavy atom. The van der Waals surface area contributed by atoms with Crippen molar-refractivity contribution in [3.63, 3.8) is 0 Å². The van der Waals surface area contributed by atoms with Gasteiger partial charge in [-0.2, -0.15) is 0 Å². The molecule has 1 atom stereocenters. The molecule has 102 valence electrons. The maximum atomic E-state index is 9.75. The highest BCUT2D eigenvalue weighted by atomic mass is 16.5. The van der Waals surface area contributed by atoms with E-state index < -0.39 is 6.10 Å². The fraction of sp³-hybridized carbons (Fsp3) is 0.600. The molecule has 1 aromatic rings. The van der Waals surface area contributed by atoms with Crippen LogP contribution in [0.2, 0.25) is 0 Å². The molecule has 2 N–H and O–H groups in total. The summed E-state index contributed by atoms with van der Waals surface area (Å²) in [6.07, 6.45) is -0.474. The largest absolute Gasteiger partial charge is 0.389 e. The van der Waals surface area contributed by atoms with Gasteiger partial charge < -0.3 is 15.2 Å². The van der Waals surface area contributed by atoms with Crippen molar-refractivity contribution in [2.45, 2.75) is 39.2 Å². The molecule has 0 bridgehead atoms. The Morgan fingerprint density at radius 3 is 2.56 bits per heavy atom. The van der Waals surface area contributed by atoms with E-state index >= 15 is 0 Å². The Kier molecular flexibility index (Phi) is 5.63. The van der Waals surface area contributed by atoms with Crippen LogP contribution in [-0.2, 0) is 10.2 Å². The summed E-state index contributed by atoms with van der Waals surface area (Å²) >= 11 is 0. The van der Waals surface area contributed by atoms with Crippen LogP contribution >= 0.6 is 0 Å². The Labute approximate surface area is 110 Å². The number of benzene rings is 1. The SMILES string of the molecule is CCOCC(O)CNc1ccccc1C(C)(C)C. The minimum atomic E-state index is -0.474. The predicted octanol–water partition coefficient (Wildman–Crippen LogP) is 2.79. The van der Waals surface area contributed by atoms with E-state index in [1.54, 1.807) is 0 Å². The molecular formula is C15H25NO2. The van der Waals surface area contributed by atoms with Gasteiger partial charge in [0.1, 0.15) is 0 Å². The van der Waals surface area contributed by atoms with Gasteiger partial charge in [0.25, 0.3) is 0 Å². The number of aliphatic hydroxyl groups is 1. The van der Waals surface area contributed by atoms with Crippen molar-refractivity contribution in [1.29, 1.82) is 0 Å². The van der Waals surface area contributed by atoms with Gasteiger partial charge in [-0.1, -0.05) is 39.0 Å². The minimum absolute atomic E-state index is 0.0917. The summed E-state index contributed by atoms with van der Waals surface area (Å²) in [4.78, 5) is 0. The van der Waals surface area contributed by atoms with Crippen LogP contribution in [-0.4, -0.2) is 31.0 Å². The molecule has 0 amide bonds. The Balaban J connectivity index is 2.62. The highest BCUT2D eigenvalue weighted by molar-refractivity contribution is 5.54. The van der Waals surface area contributed by atoms with Crippen molar-refractivity contribution in [3.05, 3.63) is 29.8 Å². The van der Waals surface area contributed by atoms with Gasteiger partial charge in [0.15, 0.2) is 0 Å². The molecule has 18 heavy (non-hydrogen) atoms. The van der Waals surface area contributed by atoms with E-state index in [-0.39, 0.29) is 5.41 Å². The standard InChI is InChI=1S/C15H25NO2/c1-5-18-11-12(17)10-16-14-9-7-6-8-13(14)15(2,3)4/h6-9,12,16-17H,5,10-11H2,1-4H3. The molecule has 1 unspecified atom stereocenters. The molecule has 0 saturated heterocycles. The van der Waals surface area contributed by atoms with Crippen LogP contribution in [0.1, 0.15) is 33.3 Å². The average molecular weight is 251 g/mol. The second-order valence-corrected chi connectivity index (χ2v) is 5.49. The summed E-state index contributed by atoms with van der Waals surface area (Å²) in [6.45, 7) is 10.00. The normalized spacial score (nSPS) is 13.4. The van der Waals surface area contributed by atoms with Gasteiger partial charge in [-0.25, -0.2) is 0 Å². The zero-order valence-corrected chi connectivity index (χ0v) is 11.9. The van der Waals surface area contributed by atoms with Crippen LogP contribution in [0.4, 0.5) is 5.69 Å². The summed E-state index contributed by atoms with van der Waals surface area (Å²) in [6, 6.07) is 8.22. The molecule has 0 heterocycles. The van der Waals surface area contributed by atoms with Gasteiger partial charge in [-0.3, -0.25) is 0 Å². The first-order chi connectivity index (χ1) is 8.45. The number of ether oxygens (including phenoxy) is 1. The third kappa shape index (κ3) is 4.67. The molecule has 0 aliphatic rings. The summed E-state index contributed by atoms with van der Waals surface area (Å²) in [7, 11) is 0. The Morgan fingerprint density at radius 1 is 1.28 bits per heavy atom. The van der Waals surface area contributed by atoms with Crippen molar-refractivity contribution in [2.75, 3.05) is 25.1 Å². The van der Waals surface area contributed by atoms with E-state index in [1.807, 2.05) is 25.1 Å². The lowest BCUT2D eigenvalue weighted by molar-refractivity contribution is 0.0496. The van der Waals surface area contributed by atoms with Gasteiger partial charge in [-0.05, 0) is 24.0 Å². The van der Waals surface area contributed by atoms with Crippen molar-refractivity contribution in [1.82, 2.24) is 0 Å². The number of hydrogen-bond donors (Lipinski definition) is 2. The lowest BCUT2D eigenvalue weighted by Crippen LogP contribution is -2.26. The fourth-order valence-corrected chi connectivity index (χ4v) is 1.83. The van der Waals surface area contributed by atoms with Crippen LogP contribution in [0, 0.1) is 0 Å². The van der Waals surface area contributed by atoms with E-state index in [1.165, 1.54) is 5.56 Å². The Bertz CT molecular complexity index is 358. The first-order valence-corrected chi connectivity index (χ1v) is 6.54. The second-order valence-electron chi connectivity index (χ2n) is 5.49. The number of aliphatic hydroxyl groups excluding tert-OH is 1. The molecular weight excluding hydrogens is 226 g/mol. The van der Waals surface area contributed by atoms with E-state index in [9.17, 15) is 5.11 Å². The molecule has 0 aromatic heterocycles. The maximum Gasteiger partial charge on any atom is 0.0945 e. The zero-order valence-electron chi connectivity index (χ0n) is 11.9. The van der Waals surface area contributed by atoms with E-state index in [0.29, 0.717) is 19.8 Å². The third-order valence-electron chi connectivity index (χ3n) is 2.78. The van der Waals surface area contributed by atoms with E-state index in [0.717, 1.165) is 5.69 Å². The number of hydrogen-bond acceptors (Lipinski definition) is 3. The van der Waals surface area contributed by atoms with Crippen molar-refractivity contribution in [2.24, 2.45) is 0 Å². The third-order valence-corrected chi connectivity index (χ3v) is 2.78. The van der Waals surface area contributed by atoms with Gasteiger partial charge in [0, 0.05) is 18.8 Å². The zero-order chi connectivity index (χ0) is 13.6. The predicted molar refractivity (Wildman–Crippen MR) is 76.1 cm³/mol. The molecule has 0 fully saturated rings. The van der Waals surface area contributed by atoms with Gasteiger partial charge >= 0.3 is 0 Å². The van der Waals surface area contributed by atoms with Crippen LogP contribution < -0.4 is 5.32 Å². The molecule has 0 saturated carbocycles. The topological polar surface area (TPSA) is 41.5 Å². The monoisotopic (exact) mass is 251 g/mol. The van der Waals surface area contributed by atoms with Gasteiger partial charge in [0.05, 0.1) is 12.7 Å². The highest BCUT2D eigenvalue weighted by Crippen LogP contribution is 2.29. The molecule has 1 rings (SSSR count). The molecule has 0 aliphatic carbocycles. The second kappa shape index (κ2) is 6.76. The van der Waals surface area contributed by atoms with Crippen LogP contribution in [0.5, 0.6) is 0 Å². The highest BCUT2D eigenvalue weighted by Gasteiger charge is 2.17. The van der Waals surface area contributed by atoms with E-state index in [2.05, 4.69) is 32.2 Å². The molecule has 3 heteroatoms. The number of para-hydroxylation sites is 1. The van der Waals surface area contributed by atoms with Crippen molar-refractivity contribution < 1.29 is 9.84 Å². The van der Waals surface area contributed by atoms with Gasteiger partial charge in [-0.15, -0.1) is 0 Å². The van der Waals surface area contributed by atoms with Gasteiger partial charge in [0.2, 0.25) is 0 Å². The summed E-state index contributed by atoms with van der Waals surface area (Å²) in [5.41, 5.74) is 2.43. The summed E-state index contributed by atoms with van der Waals surface area (Å²) < 4.78 is 5.19. The van der Waals surface area contributed by atoms with E-state index in [4.69, 9.17) is 4.74 Å². The average Bonchev–Trinajstić information content (AvgIpc) is 2.33. The molecule has 0 radical (unpaired) electrons. The molecule has 0 aliphatic heterocycles. The number of nitrogens with one attached hydrogen (secondary N) is 1. The maximum absolute atomic E-state index is 9.75. The van der Waals surface area contributed by atoms with Crippen molar-refractivity contribution in [3.8, 4) is 0 Å². The fourth-order valence-electron chi connectivity index (χ4n) is 1.83. The summed E-state index contributed by atoms with van der Waals surface area (Å²) in [5.74, 6) is 0. The number of rotatable bonds is 6. The molecule has 0 spiro atoms. The first-order valence-electron chi connectivity index (χ1n) is 6.54. The van der Waals surface area contributed by atoms with Crippen LogP contribution in [0.15, 0.2) is 24.3 Å². The minimum Gasteiger partial charge on any atom is -0.389 e. The number of anilines is 1. The van der Waals surface area contributed by atoms with Crippen LogP contribution in [0.25, 0.3) is 0 Å². The quantitative estimate of drug-likeness (QED) is 0.817. The molecule has 3 nitrogen and oxygen atoms in total.